The van der Waals surface area contributed by atoms with E-state index in [1.807, 2.05) is 0 Å². The van der Waals surface area contributed by atoms with Crippen molar-refractivity contribution >= 4 is 5.78 Å². The average Bonchev–Trinajstić information content (AvgIpc) is 1.94. The van der Waals surface area contributed by atoms with Gasteiger partial charge in [-0.25, -0.2) is 0 Å². The Labute approximate surface area is 94.6 Å². The summed E-state index contributed by atoms with van der Waals surface area (Å²) >= 11 is 0. The number of Topliss-reactive ketones (excluding diaryl/α,β-unsaturated/α-hetero) is 1. The maximum absolute atomic E-state index is 11.2. The third kappa shape index (κ3) is 5.93. The Morgan fingerprint density at radius 3 is 1.93 bits per heavy atom. The van der Waals surface area contributed by atoms with Crippen LogP contribution in [0.3, 0.4) is 0 Å². The minimum atomic E-state index is 0.138. The molecule has 1 atom stereocenters. The maximum atomic E-state index is 11.2. The van der Waals surface area contributed by atoms with E-state index < -0.39 is 0 Å². The molecule has 0 bridgehead atoms. The Hall–Kier alpha value is -0.370. The molecule has 0 amide bonds. The standard InChI is InChI=1S/C13H27NO/c1-10(15)7-11(8-14)13(5,6)9-12(2,3)4/h11H,7-9,14H2,1-6H3. The molecule has 2 nitrogen and oxygen atoms in total. The molecular formula is C13H27NO. The van der Waals surface area contributed by atoms with Crippen LogP contribution in [-0.4, -0.2) is 12.3 Å². The molecule has 0 aliphatic rings. The van der Waals surface area contributed by atoms with Crippen molar-refractivity contribution in [3.8, 4) is 0 Å². The van der Waals surface area contributed by atoms with E-state index in [1.165, 1.54) is 0 Å². The van der Waals surface area contributed by atoms with Crippen LogP contribution in [0.4, 0.5) is 0 Å². The fourth-order valence-electron chi connectivity index (χ4n) is 2.54. The summed E-state index contributed by atoms with van der Waals surface area (Å²) in [4.78, 5) is 11.2. The Morgan fingerprint density at radius 1 is 1.20 bits per heavy atom. The Morgan fingerprint density at radius 2 is 1.67 bits per heavy atom. The van der Waals surface area contributed by atoms with E-state index in [0.717, 1.165) is 6.42 Å². The summed E-state index contributed by atoms with van der Waals surface area (Å²) < 4.78 is 0. The molecule has 0 aromatic carbocycles. The highest BCUT2D eigenvalue weighted by Gasteiger charge is 2.33. The molecule has 0 aromatic heterocycles. The lowest BCUT2D eigenvalue weighted by molar-refractivity contribution is -0.118. The minimum absolute atomic E-state index is 0.138. The second kappa shape index (κ2) is 5.11. The van der Waals surface area contributed by atoms with Crippen LogP contribution in [0.15, 0.2) is 0 Å². The van der Waals surface area contributed by atoms with Gasteiger partial charge in [0.2, 0.25) is 0 Å². The monoisotopic (exact) mass is 213 g/mol. The van der Waals surface area contributed by atoms with Crippen LogP contribution in [0, 0.1) is 16.7 Å². The highest BCUT2D eigenvalue weighted by molar-refractivity contribution is 5.75. The molecule has 0 fully saturated rings. The molecule has 1 unspecified atom stereocenters. The molecule has 0 aliphatic heterocycles. The van der Waals surface area contributed by atoms with Crippen molar-refractivity contribution in [2.24, 2.45) is 22.5 Å². The smallest absolute Gasteiger partial charge is 0.130 e. The normalized spacial score (nSPS) is 15.1. The summed E-state index contributed by atoms with van der Waals surface area (Å²) in [6.45, 7) is 13.4. The number of hydrogen-bond acceptors (Lipinski definition) is 2. The van der Waals surface area contributed by atoms with Crippen molar-refractivity contribution in [2.45, 2.75) is 54.4 Å². The number of nitrogens with two attached hydrogens (primary N) is 1. The zero-order valence-corrected chi connectivity index (χ0v) is 11.2. The van der Waals surface area contributed by atoms with E-state index >= 15 is 0 Å². The van der Waals surface area contributed by atoms with Crippen molar-refractivity contribution in [3.05, 3.63) is 0 Å². The highest BCUT2D eigenvalue weighted by Crippen LogP contribution is 2.40. The molecule has 2 N–H and O–H groups in total. The molecule has 90 valence electrons. The van der Waals surface area contributed by atoms with E-state index in [0.29, 0.717) is 18.9 Å². The van der Waals surface area contributed by atoms with Gasteiger partial charge in [0.05, 0.1) is 0 Å². The van der Waals surface area contributed by atoms with Crippen LogP contribution in [0.2, 0.25) is 0 Å². The van der Waals surface area contributed by atoms with Gasteiger partial charge in [0.25, 0.3) is 0 Å². The van der Waals surface area contributed by atoms with Gasteiger partial charge < -0.3 is 10.5 Å². The quantitative estimate of drug-likeness (QED) is 0.763. The molecule has 15 heavy (non-hydrogen) atoms. The maximum Gasteiger partial charge on any atom is 0.130 e. The lowest BCUT2D eigenvalue weighted by Gasteiger charge is -2.38. The van der Waals surface area contributed by atoms with E-state index in [4.69, 9.17) is 5.73 Å². The largest absolute Gasteiger partial charge is 0.330 e. The van der Waals surface area contributed by atoms with Crippen LogP contribution in [0.1, 0.15) is 54.4 Å². The van der Waals surface area contributed by atoms with E-state index in [2.05, 4.69) is 34.6 Å². The number of rotatable bonds is 5. The minimum Gasteiger partial charge on any atom is -0.330 e. The van der Waals surface area contributed by atoms with Crippen molar-refractivity contribution in [1.29, 1.82) is 0 Å². The predicted octanol–water partition coefficient (Wildman–Crippen LogP) is 3.00. The van der Waals surface area contributed by atoms with Crippen LogP contribution < -0.4 is 5.73 Å². The zero-order chi connectivity index (χ0) is 12.3. The van der Waals surface area contributed by atoms with Crippen LogP contribution in [0.25, 0.3) is 0 Å². The Kier molecular flexibility index (Phi) is 4.98. The SMILES string of the molecule is CC(=O)CC(CN)C(C)(C)CC(C)(C)C. The zero-order valence-electron chi connectivity index (χ0n) is 11.2. The second-order valence-electron chi connectivity index (χ2n) is 6.56. The molecule has 0 saturated heterocycles. The first-order valence-corrected chi connectivity index (χ1v) is 5.78. The van der Waals surface area contributed by atoms with Gasteiger partial charge in [-0.1, -0.05) is 34.6 Å². The highest BCUT2D eigenvalue weighted by atomic mass is 16.1. The number of carbonyl (C=O) groups is 1. The number of ketones is 1. The lowest BCUT2D eigenvalue weighted by atomic mass is 9.67. The lowest BCUT2D eigenvalue weighted by Crippen LogP contribution is -2.35. The summed E-state index contributed by atoms with van der Waals surface area (Å²) in [6.07, 6.45) is 1.70. The molecule has 0 heterocycles. The Balaban J connectivity index is 4.58. The third-order valence-corrected chi connectivity index (χ3v) is 2.91. The predicted molar refractivity (Wildman–Crippen MR) is 65.7 cm³/mol. The van der Waals surface area contributed by atoms with E-state index in [-0.39, 0.29) is 16.6 Å². The molecule has 2 heteroatoms. The van der Waals surface area contributed by atoms with Gasteiger partial charge in [0.15, 0.2) is 0 Å². The van der Waals surface area contributed by atoms with Gasteiger partial charge in [-0.3, -0.25) is 0 Å². The van der Waals surface area contributed by atoms with E-state index in [1.54, 1.807) is 6.92 Å². The number of hydrogen-bond donors (Lipinski definition) is 1. The van der Waals surface area contributed by atoms with Gasteiger partial charge in [-0.2, -0.15) is 0 Å². The first kappa shape index (κ1) is 14.6. The van der Waals surface area contributed by atoms with E-state index in [9.17, 15) is 4.79 Å². The Bertz CT molecular complexity index is 213. The fraction of sp³-hybridized carbons (Fsp3) is 0.923. The number of carbonyl (C=O) groups excluding carboxylic acids is 1. The van der Waals surface area contributed by atoms with Gasteiger partial charge >= 0.3 is 0 Å². The van der Waals surface area contributed by atoms with Crippen molar-refractivity contribution < 1.29 is 4.79 Å². The summed E-state index contributed by atoms with van der Waals surface area (Å²) in [5.74, 6) is 0.543. The molecule has 0 aliphatic carbocycles. The molecule has 0 rings (SSSR count). The van der Waals surface area contributed by atoms with Crippen LogP contribution >= 0.6 is 0 Å². The van der Waals surface area contributed by atoms with Crippen LogP contribution in [-0.2, 0) is 4.79 Å². The molecular weight excluding hydrogens is 186 g/mol. The fourth-order valence-corrected chi connectivity index (χ4v) is 2.54. The average molecular weight is 213 g/mol. The van der Waals surface area contributed by atoms with Crippen molar-refractivity contribution in [2.75, 3.05) is 6.54 Å². The van der Waals surface area contributed by atoms with Crippen molar-refractivity contribution in [1.82, 2.24) is 0 Å². The summed E-state index contributed by atoms with van der Waals surface area (Å²) in [5.41, 5.74) is 6.20. The molecule has 0 aromatic rings. The topological polar surface area (TPSA) is 43.1 Å². The molecule has 0 saturated carbocycles. The van der Waals surface area contributed by atoms with Gasteiger partial charge in [0.1, 0.15) is 5.78 Å². The molecule has 0 radical (unpaired) electrons. The van der Waals surface area contributed by atoms with Gasteiger partial charge in [-0.15, -0.1) is 0 Å². The van der Waals surface area contributed by atoms with Crippen LogP contribution in [0.5, 0.6) is 0 Å². The summed E-state index contributed by atoms with van der Waals surface area (Å²) in [6, 6.07) is 0. The van der Waals surface area contributed by atoms with Crippen molar-refractivity contribution in [3.63, 3.8) is 0 Å². The summed E-state index contributed by atoms with van der Waals surface area (Å²) in [5, 5.41) is 0. The van der Waals surface area contributed by atoms with Gasteiger partial charge in [-0.05, 0) is 36.6 Å². The summed E-state index contributed by atoms with van der Waals surface area (Å²) in [7, 11) is 0. The third-order valence-electron chi connectivity index (χ3n) is 2.91. The molecule has 0 spiro atoms. The van der Waals surface area contributed by atoms with Gasteiger partial charge in [0, 0.05) is 6.42 Å². The first-order valence-electron chi connectivity index (χ1n) is 5.78. The first-order chi connectivity index (χ1) is 6.58. The second-order valence-corrected chi connectivity index (χ2v) is 6.56.